The number of aromatic hydroxyl groups is 1. The average Bonchev–Trinajstić information content (AvgIpc) is 2.93. The summed E-state index contributed by atoms with van der Waals surface area (Å²) in [4.78, 5) is 13.2. The van der Waals surface area contributed by atoms with Gasteiger partial charge in [0, 0.05) is 12.1 Å². The Labute approximate surface area is 226 Å². The zero-order chi connectivity index (χ0) is 27.9. The topological polar surface area (TPSA) is 159 Å². The fourth-order valence-corrected chi connectivity index (χ4v) is 4.57. The third-order valence-electron chi connectivity index (χ3n) is 6.86. The Morgan fingerprint density at radius 1 is 0.897 bits per heavy atom. The van der Waals surface area contributed by atoms with Gasteiger partial charge in [-0.15, -0.1) is 0 Å². The van der Waals surface area contributed by atoms with Crippen LogP contribution in [0.4, 0.5) is 0 Å². The van der Waals surface area contributed by atoms with Crippen molar-refractivity contribution in [3.63, 3.8) is 0 Å². The predicted molar refractivity (Wildman–Crippen MR) is 143 cm³/mol. The fourth-order valence-electron chi connectivity index (χ4n) is 4.57. The monoisotopic (exact) mass is 544 g/mol. The van der Waals surface area contributed by atoms with Crippen molar-refractivity contribution < 1.29 is 44.2 Å². The summed E-state index contributed by atoms with van der Waals surface area (Å²) in [7, 11) is 0. The van der Waals surface area contributed by atoms with Crippen LogP contribution in [0.3, 0.4) is 0 Å². The Balaban J connectivity index is 1.44. The highest BCUT2D eigenvalue weighted by Crippen LogP contribution is 2.31. The Bertz CT molecular complexity index is 1270. The number of unbranched alkanes of at least 4 members (excludes halogenated alkanes) is 5. The van der Waals surface area contributed by atoms with Crippen LogP contribution in [0.25, 0.3) is 22.1 Å². The predicted octanol–water partition coefficient (Wildman–Crippen LogP) is 3.08. The molecule has 10 nitrogen and oxygen atoms in total. The molecule has 0 aliphatic carbocycles. The maximum absolute atomic E-state index is 13.2. The van der Waals surface area contributed by atoms with Gasteiger partial charge in [0.05, 0.1) is 18.8 Å². The quantitative estimate of drug-likeness (QED) is 0.215. The first-order chi connectivity index (χ1) is 18.8. The third-order valence-corrected chi connectivity index (χ3v) is 6.86. The van der Waals surface area contributed by atoms with E-state index in [9.17, 15) is 30.3 Å². The van der Waals surface area contributed by atoms with Gasteiger partial charge in [0.1, 0.15) is 58.9 Å². The molecule has 0 spiro atoms. The summed E-state index contributed by atoms with van der Waals surface area (Å²) < 4.78 is 22.4. The number of hydrogen-bond donors (Lipinski definition) is 5. The van der Waals surface area contributed by atoms with E-state index in [0.717, 1.165) is 12.8 Å². The van der Waals surface area contributed by atoms with Gasteiger partial charge >= 0.3 is 0 Å². The lowest BCUT2D eigenvalue weighted by atomic mass is 9.99. The Morgan fingerprint density at radius 3 is 2.33 bits per heavy atom. The molecule has 3 aromatic rings. The first-order valence-electron chi connectivity index (χ1n) is 13.3. The van der Waals surface area contributed by atoms with Crippen LogP contribution < -0.4 is 14.9 Å². The van der Waals surface area contributed by atoms with Crippen LogP contribution in [0.1, 0.15) is 45.4 Å². The summed E-state index contributed by atoms with van der Waals surface area (Å²) in [5.41, 5.74) is 0.510. The van der Waals surface area contributed by atoms with Gasteiger partial charge < -0.3 is 44.2 Å². The Morgan fingerprint density at radius 2 is 1.62 bits per heavy atom. The number of phenols is 1. The molecule has 39 heavy (non-hydrogen) atoms. The third kappa shape index (κ3) is 6.71. The highest BCUT2D eigenvalue weighted by Gasteiger charge is 2.44. The number of phenolic OH excluding ortho intramolecular Hbond substituents is 1. The molecule has 0 unspecified atom stereocenters. The van der Waals surface area contributed by atoms with E-state index in [1.807, 2.05) is 0 Å². The molecule has 1 saturated heterocycles. The smallest absolute Gasteiger partial charge is 0.229 e. The second-order valence-electron chi connectivity index (χ2n) is 9.75. The lowest BCUT2D eigenvalue weighted by Crippen LogP contribution is -2.60. The molecule has 212 valence electrons. The van der Waals surface area contributed by atoms with Crippen molar-refractivity contribution in [3.8, 4) is 28.4 Å². The lowest BCUT2D eigenvalue weighted by Gasteiger charge is -2.39. The molecule has 1 aliphatic rings. The van der Waals surface area contributed by atoms with E-state index in [-0.39, 0.29) is 28.0 Å². The molecule has 5 N–H and O–H groups in total. The van der Waals surface area contributed by atoms with Crippen molar-refractivity contribution in [1.29, 1.82) is 0 Å². The summed E-state index contributed by atoms with van der Waals surface area (Å²) in [5, 5.41) is 50.0. The normalized spacial score (nSPS) is 23.2. The molecule has 0 radical (unpaired) electrons. The zero-order valence-electron chi connectivity index (χ0n) is 21.9. The van der Waals surface area contributed by atoms with Gasteiger partial charge in [-0.05, 0) is 24.1 Å². The minimum atomic E-state index is -1.56. The van der Waals surface area contributed by atoms with Gasteiger partial charge in [-0.1, -0.05) is 51.2 Å². The molecular formula is C29H36O10. The molecule has 4 rings (SSSR count). The highest BCUT2D eigenvalue weighted by molar-refractivity contribution is 5.88. The van der Waals surface area contributed by atoms with Gasteiger partial charge in [0.2, 0.25) is 11.7 Å². The molecule has 1 fully saturated rings. The van der Waals surface area contributed by atoms with Gasteiger partial charge in [-0.25, -0.2) is 0 Å². The number of hydrogen-bond acceptors (Lipinski definition) is 10. The van der Waals surface area contributed by atoms with Crippen LogP contribution in [0.15, 0.2) is 51.9 Å². The first kappa shape index (κ1) is 28.8. The van der Waals surface area contributed by atoms with Crippen molar-refractivity contribution >= 4 is 11.0 Å². The second-order valence-corrected chi connectivity index (χ2v) is 9.75. The standard InChI is InChI=1S/C29H36O10/c1-2-3-4-5-6-7-12-36-19-13-21(31)24-22(14-19)37-16-20(25(24)32)17-8-10-18(11-9-17)38-29-28(35)27(34)26(33)23(15-30)39-29/h8-11,13-14,16,23,26-31,33-35H,2-7,12,15H2,1H3/t23-,26-,27-,28+,29+/m1/s1. The fraction of sp³-hybridized carbons (Fsp3) is 0.483. The summed E-state index contributed by atoms with van der Waals surface area (Å²) in [6.07, 6.45) is 1.10. The van der Waals surface area contributed by atoms with Gasteiger partial charge in [-0.3, -0.25) is 4.79 Å². The van der Waals surface area contributed by atoms with Crippen LogP contribution in [-0.2, 0) is 4.74 Å². The molecule has 1 aliphatic heterocycles. The molecule has 0 amide bonds. The van der Waals surface area contributed by atoms with Crippen molar-refractivity contribution in [3.05, 3.63) is 52.9 Å². The molecule has 10 heteroatoms. The van der Waals surface area contributed by atoms with E-state index in [0.29, 0.717) is 17.9 Å². The number of aliphatic hydroxyl groups excluding tert-OH is 4. The average molecular weight is 545 g/mol. The number of rotatable bonds is 12. The number of benzene rings is 2. The molecule has 0 saturated carbocycles. The second kappa shape index (κ2) is 13.3. The highest BCUT2D eigenvalue weighted by atomic mass is 16.7. The number of ether oxygens (including phenoxy) is 3. The zero-order valence-corrected chi connectivity index (χ0v) is 21.9. The number of aliphatic hydroxyl groups is 4. The van der Waals surface area contributed by atoms with Gasteiger partial charge in [0.25, 0.3) is 0 Å². The first-order valence-corrected chi connectivity index (χ1v) is 13.3. The maximum atomic E-state index is 13.2. The van der Waals surface area contributed by atoms with Gasteiger partial charge in [-0.2, -0.15) is 0 Å². The van der Waals surface area contributed by atoms with E-state index in [2.05, 4.69) is 6.92 Å². The molecule has 5 atom stereocenters. The van der Waals surface area contributed by atoms with Gasteiger partial charge in [0.15, 0.2) is 0 Å². The van der Waals surface area contributed by atoms with Crippen LogP contribution in [0.5, 0.6) is 17.2 Å². The molecule has 2 heterocycles. The Kier molecular flexibility index (Phi) is 9.82. The van der Waals surface area contributed by atoms with E-state index < -0.39 is 42.7 Å². The van der Waals surface area contributed by atoms with E-state index in [1.165, 1.54) is 50.1 Å². The maximum Gasteiger partial charge on any atom is 0.229 e. The van der Waals surface area contributed by atoms with Crippen LogP contribution in [0, 0.1) is 0 Å². The Hall–Kier alpha value is -3.15. The molecule has 2 aromatic carbocycles. The molecule has 1 aromatic heterocycles. The molecular weight excluding hydrogens is 508 g/mol. The van der Waals surface area contributed by atoms with E-state index in [4.69, 9.17) is 18.6 Å². The van der Waals surface area contributed by atoms with Crippen LogP contribution in [0.2, 0.25) is 0 Å². The summed E-state index contributed by atoms with van der Waals surface area (Å²) in [5.74, 6) is 0.450. The van der Waals surface area contributed by atoms with Crippen molar-refractivity contribution in [1.82, 2.24) is 0 Å². The van der Waals surface area contributed by atoms with Crippen molar-refractivity contribution in [2.45, 2.75) is 76.2 Å². The minimum absolute atomic E-state index is 0.0426. The summed E-state index contributed by atoms with van der Waals surface area (Å²) >= 11 is 0. The van der Waals surface area contributed by atoms with Crippen molar-refractivity contribution in [2.24, 2.45) is 0 Å². The minimum Gasteiger partial charge on any atom is -0.507 e. The summed E-state index contributed by atoms with van der Waals surface area (Å²) in [6.45, 7) is 2.12. The van der Waals surface area contributed by atoms with Crippen LogP contribution >= 0.6 is 0 Å². The largest absolute Gasteiger partial charge is 0.507 e. The molecule has 0 bridgehead atoms. The van der Waals surface area contributed by atoms with Crippen LogP contribution in [-0.4, -0.2) is 69.5 Å². The van der Waals surface area contributed by atoms with Crippen molar-refractivity contribution in [2.75, 3.05) is 13.2 Å². The van der Waals surface area contributed by atoms with E-state index in [1.54, 1.807) is 18.2 Å². The summed E-state index contributed by atoms with van der Waals surface area (Å²) in [6, 6.07) is 9.24. The van der Waals surface area contributed by atoms with E-state index >= 15 is 0 Å². The SMILES string of the molecule is CCCCCCCCOc1cc(O)c2c(=O)c(-c3ccc(O[C@H]4O[C@H](CO)[C@@H](O)[C@@H](O)[C@@H]4O)cc3)coc2c1. The number of fused-ring (bicyclic) bond motifs is 1. The lowest BCUT2D eigenvalue weighted by molar-refractivity contribution is -0.277.